The minimum Gasteiger partial charge on any atom is -0.396 e. The molecule has 1 aromatic carbocycles. The predicted molar refractivity (Wildman–Crippen MR) is 78.8 cm³/mol. The summed E-state index contributed by atoms with van der Waals surface area (Å²) in [5, 5.41) is 28.0. The van der Waals surface area contributed by atoms with Gasteiger partial charge in [-0.1, -0.05) is 0 Å². The molecule has 22 heavy (non-hydrogen) atoms. The molecule has 0 spiro atoms. The number of hydrogen-bond acceptors (Lipinski definition) is 7. The molecule has 0 saturated carbocycles. The van der Waals surface area contributed by atoms with E-state index in [9.17, 15) is 24.9 Å². The lowest BCUT2D eigenvalue weighted by molar-refractivity contribution is -0.000286. The smallest absolute Gasteiger partial charge is 0.240 e. The maximum atomic E-state index is 10.5. The first kappa shape index (κ1) is 17.9. The standard InChI is InChI=1S/C15H18N2O5/c1-11-12(2-3-15(6-18,7-19)8-20)4-13(16-9-21)5-14(11)17-10-22/h4-5,18-20H,2-3,6-8H2,1H3. The van der Waals surface area contributed by atoms with Gasteiger partial charge in [0.1, 0.15) is 0 Å². The minimum atomic E-state index is -0.996. The topological polar surface area (TPSA) is 120 Å². The van der Waals surface area contributed by atoms with Gasteiger partial charge in [-0.25, -0.2) is 9.59 Å². The molecule has 7 nitrogen and oxygen atoms in total. The maximum Gasteiger partial charge on any atom is 0.240 e. The number of hydrogen-bond donors (Lipinski definition) is 3. The highest BCUT2D eigenvalue weighted by atomic mass is 16.3. The molecule has 0 unspecified atom stereocenters. The number of aliphatic hydroxyl groups is 3. The molecular weight excluding hydrogens is 288 g/mol. The van der Waals surface area contributed by atoms with Crippen LogP contribution in [0.5, 0.6) is 0 Å². The van der Waals surface area contributed by atoms with Gasteiger partial charge in [0.05, 0.1) is 31.2 Å². The molecule has 0 aliphatic heterocycles. The van der Waals surface area contributed by atoms with Crippen LogP contribution in [-0.2, 0) is 16.0 Å². The van der Waals surface area contributed by atoms with Crippen LogP contribution in [-0.4, -0.2) is 47.3 Å². The van der Waals surface area contributed by atoms with Crippen LogP contribution >= 0.6 is 0 Å². The first-order valence-electron chi connectivity index (χ1n) is 6.67. The monoisotopic (exact) mass is 306 g/mol. The van der Waals surface area contributed by atoms with Gasteiger partial charge < -0.3 is 15.3 Å². The fraction of sp³-hybridized carbons (Fsp3) is 0.467. The van der Waals surface area contributed by atoms with Gasteiger partial charge in [-0.05, 0) is 43.0 Å². The number of nitrogens with zero attached hydrogens (tertiary/aromatic N) is 2. The van der Waals surface area contributed by atoms with E-state index in [2.05, 4.69) is 9.98 Å². The Morgan fingerprint density at radius 1 is 1.05 bits per heavy atom. The Morgan fingerprint density at radius 3 is 2.14 bits per heavy atom. The number of aryl methyl sites for hydroxylation is 1. The van der Waals surface area contributed by atoms with Gasteiger partial charge in [0.2, 0.25) is 12.2 Å². The predicted octanol–water partition coefficient (Wildman–Crippen LogP) is 0.826. The third-order valence-corrected chi connectivity index (χ3v) is 3.74. The summed E-state index contributed by atoms with van der Waals surface area (Å²) in [5.74, 6) is 0. The Morgan fingerprint density at radius 2 is 1.64 bits per heavy atom. The number of aliphatic imine (C=N–C) groups is 2. The molecule has 0 fully saturated rings. The zero-order valence-electron chi connectivity index (χ0n) is 12.2. The fourth-order valence-electron chi connectivity index (χ4n) is 2.07. The lowest BCUT2D eigenvalue weighted by atomic mass is 9.83. The summed E-state index contributed by atoms with van der Waals surface area (Å²) in [6.45, 7) is 0.679. The second-order valence-corrected chi connectivity index (χ2v) is 5.13. The zero-order valence-corrected chi connectivity index (χ0v) is 12.2. The lowest BCUT2D eigenvalue weighted by Gasteiger charge is -2.27. The van der Waals surface area contributed by atoms with E-state index in [0.717, 1.165) is 5.56 Å². The summed E-state index contributed by atoms with van der Waals surface area (Å²) >= 11 is 0. The third-order valence-electron chi connectivity index (χ3n) is 3.74. The Balaban J connectivity index is 3.17. The molecule has 0 heterocycles. The highest BCUT2D eigenvalue weighted by molar-refractivity contribution is 5.64. The molecule has 118 valence electrons. The van der Waals surface area contributed by atoms with Crippen molar-refractivity contribution in [2.75, 3.05) is 19.8 Å². The fourth-order valence-corrected chi connectivity index (χ4v) is 2.07. The van der Waals surface area contributed by atoms with E-state index in [1.165, 1.54) is 18.2 Å². The second kappa shape index (κ2) is 8.34. The van der Waals surface area contributed by atoms with Crippen molar-refractivity contribution < 1.29 is 24.9 Å². The molecule has 0 radical (unpaired) electrons. The van der Waals surface area contributed by atoms with Crippen LogP contribution in [0.1, 0.15) is 17.5 Å². The van der Waals surface area contributed by atoms with Crippen LogP contribution in [0.25, 0.3) is 0 Å². The van der Waals surface area contributed by atoms with Gasteiger partial charge in [0.15, 0.2) is 0 Å². The Bertz CT molecular complexity index is 604. The summed E-state index contributed by atoms with van der Waals surface area (Å²) in [6, 6.07) is 3.10. The highest BCUT2D eigenvalue weighted by Crippen LogP contribution is 2.31. The van der Waals surface area contributed by atoms with Gasteiger partial charge in [-0.15, -0.1) is 0 Å². The summed E-state index contributed by atoms with van der Waals surface area (Å²) in [5.41, 5.74) is 1.09. The van der Waals surface area contributed by atoms with E-state index in [-0.39, 0.29) is 19.8 Å². The van der Waals surface area contributed by atoms with Crippen molar-refractivity contribution >= 4 is 23.5 Å². The highest BCUT2D eigenvalue weighted by Gasteiger charge is 2.28. The molecule has 0 aliphatic rings. The number of carbonyl (C=O) groups excluding carboxylic acids is 2. The van der Waals surface area contributed by atoms with E-state index in [1.807, 2.05) is 0 Å². The average molecular weight is 306 g/mol. The van der Waals surface area contributed by atoms with Gasteiger partial charge in [0, 0.05) is 5.41 Å². The van der Waals surface area contributed by atoms with Crippen LogP contribution in [0.15, 0.2) is 22.1 Å². The summed E-state index contributed by atoms with van der Waals surface area (Å²) in [6.07, 6.45) is 3.58. The van der Waals surface area contributed by atoms with Crippen LogP contribution in [0, 0.1) is 12.3 Å². The molecule has 0 bridgehead atoms. The van der Waals surface area contributed by atoms with E-state index >= 15 is 0 Å². The molecule has 1 rings (SSSR count). The van der Waals surface area contributed by atoms with E-state index in [1.54, 1.807) is 13.0 Å². The molecule has 0 saturated heterocycles. The van der Waals surface area contributed by atoms with Crippen LogP contribution in [0.2, 0.25) is 0 Å². The number of rotatable bonds is 8. The Hall–Kier alpha value is -2.14. The molecule has 3 N–H and O–H groups in total. The van der Waals surface area contributed by atoms with E-state index < -0.39 is 5.41 Å². The van der Waals surface area contributed by atoms with Crippen LogP contribution < -0.4 is 0 Å². The van der Waals surface area contributed by atoms with Crippen LogP contribution in [0.4, 0.5) is 11.4 Å². The molecule has 0 atom stereocenters. The van der Waals surface area contributed by atoms with Gasteiger partial charge in [0.25, 0.3) is 0 Å². The maximum absolute atomic E-state index is 10.5. The molecule has 1 aromatic rings. The van der Waals surface area contributed by atoms with Crippen molar-refractivity contribution in [1.29, 1.82) is 0 Å². The number of aliphatic hydroxyl groups excluding tert-OH is 3. The largest absolute Gasteiger partial charge is 0.396 e. The van der Waals surface area contributed by atoms with Gasteiger partial charge >= 0.3 is 0 Å². The first-order chi connectivity index (χ1) is 10.6. The van der Waals surface area contributed by atoms with Crippen molar-refractivity contribution in [2.45, 2.75) is 19.8 Å². The molecule has 0 amide bonds. The van der Waals surface area contributed by atoms with Gasteiger partial charge in [-0.3, -0.25) is 0 Å². The van der Waals surface area contributed by atoms with Crippen molar-refractivity contribution in [3.63, 3.8) is 0 Å². The minimum absolute atomic E-state index is 0.298. The van der Waals surface area contributed by atoms with Crippen molar-refractivity contribution in [1.82, 2.24) is 0 Å². The SMILES string of the molecule is Cc1c(CCC(CO)(CO)CO)cc(N=C=O)cc1N=C=O. The average Bonchev–Trinajstić information content (AvgIpc) is 2.53. The van der Waals surface area contributed by atoms with Crippen LogP contribution in [0.3, 0.4) is 0 Å². The lowest BCUT2D eigenvalue weighted by Crippen LogP contribution is -2.34. The Labute approximate surface area is 127 Å². The number of isocyanates is 2. The first-order valence-corrected chi connectivity index (χ1v) is 6.67. The normalized spacial score (nSPS) is 10.7. The molecule has 0 aliphatic carbocycles. The van der Waals surface area contributed by atoms with Crippen molar-refractivity contribution in [2.24, 2.45) is 15.4 Å². The summed E-state index contributed by atoms with van der Waals surface area (Å²) in [4.78, 5) is 27.9. The van der Waals surface area contributed by atoms with E-state index in [0.29, 0.717) is 29.8 Å². The van der Waals surface area contributed by atoms with Gasteiger partial charge in [-0.2, -0.15) is 9.98 Å². The quantitative estimate of drug-likeness (QED) is 0.485. The van der Waals surface area contributed by atoms with Crippen molar-refractivity contribution in [3.8, 4) is 0 Å². The number of benzene rings is 1. The van der Waals surface area contributed by atoms with Crippen molar-refractivity contribution in [3.05, 3.63) is 23.3 Å². The molecular formula is C15H18N2O5. The molecule has 7 heteroatoms. The third kappa shape index (κ3) is 4.18. The second-order valence-electron chi connectivity index (χ2n) is 5.13. The molecule has 0 aromatic heterocycles. The Kier molecular flexibility index (Phi) is 6.79. The summed E-state index contributed by atoms with van der Waals surface area (Å²) < 4.78 is 0. The zero-order chi connectivity index (χ0) is 16.6. The van der Waals surface area contributed by atoms with E-state index in [4.69, 9.17) is 0 Å². The summed E-state index contributed by atoms with van der Waals surface area (Å²) in [7, 11) is 0.